The SMILES string of the molecule is C#Cc1cccc(Nc2ncnc3c2N(SC)CC3)c1. The second-order valence-electron chi connectivity index (χ2n) is 4.40. The van der Waals surface area contributed by atoms with E-state index in [2.05, 4.69) is 31.8 Å². The lowest BCUT2D eigenvalue weighted by atomic mass is 10.2. The highest BCUT2D eigenvalue weighted by atomic mass is 32.2. The van der Waals surface area contributed by atoms with Crippen molar-refractivity contribution in [1.29, 1.82) is 0 Å². The molecule has 3 rings (SSSR count). The van der Waals surface area contributed by atoms with E-state index in [1.807, 2.05) is 24.3 Å². The summed E-state index contributed by atoms with van der Waals surface area (Å²) < 4.78 is 2.21. The van der Waals surface area contributed by atoms with Crippen molar-refractivity contribution in [3.05, 3.63) is 41.9 Å². The third-order valence-electron chi connectivity index (χ3n) is 3.21. The first-order valence-corrected chi connectivity index (χ1v) is 7.49. The Morgan fingerprint density at radius 2 is 2.30 bits per heavy atom. The number of benzene rings is 1. The number of nitrogens with one attached hydrogen (secondary N) is 1. The summed E-state index contributed by atoms with van der Waals surface area (Å²) in [5.74, 6) is 3.47. The molecule has 0 atom stereocenters. The number of anilines is 3. The van der Waals surface area contributed by atoms with Crippen LogP contribution in [-0.2, 0) is 6.42 Å². The highest BCUT2D eigenvalue weighted by molar-refractivity contribution is 8.00. The quantitative estimate of drug-likeness (QED) is 0.692. The Labute approximate surface area is 122 Å². The molecule has 0 aliphatic carbocycles. The molecule has 0 fully saturated rings. The largest absolute Gasteiger partial charge is 0.338 e. The molecule has 0 amide bonds. The first-order chi connectivity index (χ1) is 9.81. The van der Waals surface area contributed by atoms with Crippen LogP contribution in [-0.4, -0.2) is 22.8 Å². The molecule has 0 radical (unpaired) electrons. The van der Waals surface area contributed by atoms with Crippen LogP contribution in [0.5, 0.6) is 0 Å². The molecule has 1 aromatic heterocycles. The second-order valence-corrected chi connectivity index (χ2v) is 5.21. The standard InChI is InChI=1S/C15H14N4S/c1-3-11-5-4-6-12(9-11)18-15-14-13(16-10-17-15)7-8-19(14)20-2/h1,4-6,9-10H,7-8H2,2H3,(H,16,17,18). The van der Waals surface area contributed by atoms with Gasteiger partial charge in [-0.05, 0) is 18.2 Å². The van der Waals surface area contributed by atoms with Gasteiger partial charge in [0.15, 0.2) is 5.82 Å². The predicted molar refractivity (Wildman–Crippen MR) is 84.3 cm³/mol. The van der Waals surface area contributed by atoms with Crippen molar-refractivity contribution in [1.82, 2.24) is 9.97 Å². The van der Waals surface area contributed by atoms with E-state index >= 15 is 0 Å². The van der Waals surface area contributed by atoms with Gasteiger partial charge in [0.25, 0.3) is 0 Å². The van der Waals surface area contributed by atoms with Gasteiger partial charge in [-0.1, -0.05) is 23.9 Å². The van der Waals surface area contributed by atoms with E-state index in [0.29, 0.717) is 0 Å². The van der Waals surface area contributed by atoms with E-state index in [-0.39, 0.29) is 0 Å². The van der Waals surface area contributed by atoms with E-state index < -0.39 is 0 Å². The molecular weight excluding hydrogens is 268 g/mol. The lowest BCUT2D eigenvalue weighted by molar-refractivity contribution is 1.01. The molecule has 1 N–H and O–H groups in total. The Balaban J connectivity index is 1.96. The summed E-state index contributed by atoms with van der Waals surface area (Å²) >= 11 is 1.69. The Morgan fingerprint density at radius 3 is 3.10 bits per heavy atom. The van der Waals surface area contributed by atoms with Gasteiger partial charge in [0, 0.05) is 30.5 Å². The van der Waals surface area contributed by atoms with Gasteiger partial charge in [0.2, 0.25) is 0 Å². The maximum atomic E-state index is 5.43. The fourth-order valence-electron chi connectivity index (χ4n) is 2.28. The van der Waals surface area contributed by atoms with Crippen LogP contribution < -0.4 is 9.62 Å². The molecule has 2 heterocycles. The molecule has 20 heavy (non-hydrogen) atoms. The van der Waals surface area contributed by atoms with E-state index in [4.69, 9.17) is 6.42 Å². The van der Waals surface area contributed by atoms with Crippen LogP contribution in [0.15, 0.2) is 30.6 Å². The van der Waals surface area contributed by atoms with Crippen molar-refractivity contribution in [3.63, 3.8) is 0 Å². The summed E-state index contributed by atoms with van der Waals surface area (Å²) in [4.78, 5) is 8.73. The van der Waals surface area contributed by atoms with Crippen LogP contribution in [0.25, 0.3) is 0 Å². The molecule has 0 bridgehead atoms. The topological polar surface area (TPSA) is 41.1 Å². The summed E-state index contributed by atoms with van der Waals surface area (Å²) in [6.07, 6.45) is 10.1. The van der Waals surface area contributed by atoms with Crippen LogP contribution in [0.1, 0.15) is 11.3 Å². The molecule has 5 heteroatoms. The number of rotatable bonds is 3. The highest BCUT2D eigenvalue weighted by Crippen LogP contribution is 2.37. The van der Waals surface area contributed by atoms with Gasteiger partial charge in [-0.25, -0.2) is 9.97 Å². The lowest BCUT2D eigenvalue weighted by Crippen LogP contribution is -2.11. The maximum Gasteiger partial charge on any atom is 0.158 e. The van der Waals surface area contributed by atoms with Gasteiger partial charge in [-0.3, -0.25) is 0 Å². The minimum Gasteiger partial charge on any atom is -0.338 e. The number of hydrogen-bond donors (Lipinski definition) is 1. The summed E-state index contributed by atoms with van der Waals surface area (Å²) in [7, 11) is 0. The van der Waals surface area contributed by atoms with E-state index in [0.717, 1.165) is 41.4 Å². The van der Waals surface area contributed by atoms with Crippen molar-refractivity contribution in [2.24, 2.45) is 0 Å². The Hall–Kier alpha value is -2.19. The van der Waals surface area contributed by atoms with Gasteiger partial charge in [0.05, 0.1) is 5.69 Å². The van der Waals surface area contributed by atoms with Crippen LogP contribution >= 0.6 is 11.9 Å². The van der Waals surface area contributed by atoms with Crippen LogP contribution in [0.2, 0.25) is 0 Å². The third-order valence-corrected chi connectivity index (χ3v) is 4.02. The van der Waals surface area contributed by atoms with Gasteiger partial charge < -0.3 is 9.62 Å². The summed E-state index contributed by atoms with van der Waals surface area (Å²) in [5, 5.41) is 3.34. The molecular formula is C15H14N4S. The Morgan fingerprint density at radius 1 is 1.40 bits per heavy atom. The zero-order valence-electron chi connectivity index (χ0n) is 11.1. The van der Waals surface area contributed by atoms with E-state index in [1.165, 1.54) is 0 Å². The van der Waals surface area contributed by atoms with Crippen LogP contribution in [0.4, 0.5) is 17.2 Å². The number of nitrogens with zero attached hydrogens (tertiary/aromatic N) is 3. The number of terminal acetylenes is 1. The predicted octanol–water partition coefficient (Wildman–Crippen LogP) is 2.84. The Bertz CT molecular complexity index is 678. The van der Waals surface area contributed by atoms with Crippen molar-refractivity contribution in [3.8, 4) is 12.3 Å². The first-order valence-electron chi connectivity index (χ1n) is 6.31. The van der Waals surface area contributed by atoms with Gasteiger partial charge in [-0.15, -0.1) is 6.42 Å². The highest BCUT2D eigenvalue weighted by Gasteiger charge is 2.24. The smallest absolute Gasteiger partial charge is 0.158 e. The van der Waals surface area contributed by atoms with Gasteiger partial charge in [0.1, 0.15) is 12.0 Å². The summed E-state index contributed by atoms with van der Waals surface area (Å²) in [5.41, 5.74) is 3.95. The number of hydrogen-bond acceptors (Lipinski definition) is 5. The maximum absolute atomic E-state index is 5.43. The van der Waals surface area contributed by atoms with Crippen LogP contribution in [0.3, 0.4) is 0 Å². The normalized spacial score (nSPS) is 12.9. The van der Waals surface area contributed by atoms with Crippen molar-refractivity contribution >= 4 is 29.1 Å². The van der Waals surface area contributed by atoms with Crippen molar-refractivity contribution in [2.75, 3.05) is 22.4 Å². The fraction of sp³-hybridized carbons (Fsp3) is 0.200. The zero-order valence-corrected chi connectivity index (χ0v) is 11.9. The first kappa shape index (κ1) is 12.8. The molecule has 1 aliphatic heterocycles. The Kier molecular flexibility index (Phi) is 3.48. The molecule has 4 nitrogen and oxygen atoms in total. The average Bonchev–Trinajstić information content (AvgIpc) is 2.92. The molecule has 1 aromatic carbocycles. The second kappa shape index (κ2) is 5.43. The minimum atomic E-state index is 0.830. The number of fused-ring (bicyclic) bond motifs is 1. The minimum absolute atomic E-state index is 0.830. The molecule has 2 aromatic rings. The summed E-state index contributed by atoms with van der Waals surface area (Å²) in [6, 6.07) is 7.76. The lowest BCUT2D eigenvalue weighted by Gasteiger charge is -2.18. The molecule has 0 saturated heterocycles. The fourth-order valence-corrected chi connectivity index (χ4v) is 2.93. The van der Waals surface area contributed by atoms with Crippen molar-refractivity contribution in [2.45, 2.75) is 6.42 Å². The monoisotopic (exact) mass is 282 g/mol. The molecule has 0 spiro atoms. The van der Waals surface area contributed by atoms with E-state index in [9.17, 15) is 0 Å². The van der Waals surface area contributed by atoms with E-state index in [1.54, 1.807) is 18.3 Å². The van der Waals surface area contributed by atoms with Gasteiger partial charge in [-0.2, -0.15) is 0 Å². The zero-order chi connectivity index (χ0) is 13.9. The average molecular weight is 282 g/mol. The molecule has 100 valence electrons. The van der Waals surface area contributed by atoms with Gasteiger partial charge >= 0.3 is 0 Å². The molecule has 0 unspecified atom stereocenters. The molecule has 0 saturated carbocycles. The van der Waals surface area contributed by atoms with Crippen LogP contribution in [0, 0.1) is 12.3 Å². The third kappa shape index (κ3) is 2.30. The van der Waals surface area contributed by atoms with Crippen molar-refractivity contribution < 1.29 is 0 Å². The number of aromatic nitrogens is 2. The molecule has 1 aliphatic rings. The summed E-state index contributed by atoms with van der Waals surface area (Å²) in [6.45, 7) is 0.967.